The Morgan fingerprint density at radius 3 is 2.55 bits per heavy atom. The molecular weight excluding hydrogens is 282 g/mol. The van der Waals surface area contributed by atoms with Crippen molar-refractivity contribution in [1.82, 2.24) is 15.1 Å². The van der Waals surface area contributed by atoms with Crippen molar-refractivity contribution < 1.29 is 14.3 Å². The van der Waals surface area contributed by atoms with Crippen LogP contribution in [0.15, 0.2) is 6.07 Å². The second-order valence-electron chi connectivity index (χ2n) is 6.19. The summed E-state index contributed by atoms with van der Waals surface area (Å²) in [5.74, 6) is -0.335. The Morgan fingerprint density at radius 2 is 2.00 bits per heavy atom. The lowest BCUT2D eigenvalue weighted by atomic mass is 9.74. The molecule has 0 radical (unpaired) electrons. The van der Waals surface area contributed by atoms with Gasteiger partial charge in [0.2, 0.25) is 5.91 Å². The van der Waals surface area contributed by atoms with Gasteiger partial charge >= 0.3 is 5.97 Å². The number of carbonyl (C=O) groups excluding carboxylic acids is 2. The fraction of sp³-hybridized carbons (Fsp3) is 0.688. The van der Waals surface area contributed by atoms with Gasteiger partial charge in [0, 0.05) is 12.2 Å². The van der Waals surface area contributed by atoms with E-state index in [0.29, 0.717) is 6.54 Å². The summed E-state index contributed by atoms with van der Waals surface area (Å²) in [6.07, 6.45) is 4.70. The number of aromatic nitrogens is 2. The van der Waals surface area contributed by atoms with E-state index in [1.807, 2.05) is 19.9 Å². The summed E-state index contributed by atoms with van der Waals surface area (Å²) in [7, 11) is 1.41. The summed E-state index contributed by atoms with van der Waals surface area (Å²) < 4.78 is 6.64. The summed E-state index contributed by atoms with van der Waals surface area (Å²) in [6, 6.07) is 1.93. The molecule has 0 saturated heterocycles. The molecule has 1 heterocycles. The molecule has 2 rings (SSSR count). The lowest BCUT2D eigenvalue weighted by molar-refractivity contribution is -0.154. The molecule has 0 aromatic carbocycles. The number of hydrogen-bond donors (Lipinski definition) is 1. The molecule has 0 atom stereocenters. The van der Waals surface area contributed by atoms with Crippen LogP contribution in [-0.2, 0) is 20.9 Å². The number of rotatable bonds is 5. The molecule has 6 heteroatoms. The van der Waals surface area contributed by atoms with E-state index in [-0.39, 0.29) is 18.4 Å². The molecule has 1 aromatic rings. The van der Waals surface area contributed by atoms with Gasteiger partial charge in [-0.05, 0) is 32.8 Å². The molecule has 1 aliphatic rings. The number of amides is 1. The van der Waals surface area contributed by atoms with Gasteiger partial charge in [0.1, 0.15) is 6.54 Å². The van der Waals surface area contributed by atoms with Crippen molar-refractivity contribution in [2.45, 2.75) is 52.5 Å². The summed E-state index contributed by atoms with van der Waals surface area (Å²) in [6.45, 7) is 4.34. The third kappa shape index (κ3) is 3.67. The number of nitrogens with one attached hydrogen (secondary N) is 1. The SMILES string of the molecule is COC(=O)C1(CNC(=O)Cn2nc(C)cc2C)CCCCC1. The van der Waals surface area contributed by atoms with E-state index in [1.54, 1.807) is 4.68 Å². The van der Waals surface area contributed by atoms with Crippen LogP contribution in [-0.4, -0.2) is 35.3 Å². The summed E-state index contributed by atoms with van der Waals surface area (Å²) in [4.78, 5) is 24.3. The van der Waals surface area contributed by atoms with Crippen molar-refractivity contribution in [1.29, 1.82) is 0 Å². The Labute approximate surface area is 131 Å². The average molecular weight is 307 g/mol. The minimum absolute atomic E-state index is 0.125. The number of nitrogens with zero attached hydrogens (tertiary/aromatic N) is 2. The van der Waals surface area contributed by atoms with Crippen LogP contribution in [0.3, 0.4) is 0 Å². The Bertz CT molecular complexity index is 545. The molecule has 0 spiro atoms. The minimum Gasteiger partial charge on any atom is -0.469 e. The van der Waals surface area contributed by atoms with Crippen LogP contribution < -0.4 is 5.32 Å². The molecule has 1 amide bonds. The van der Waals surface area contributed by atoms with Gasteiger partial charge in [-0.2, -0.15) is 5.10 Å². The quantitative estimate of drug-likeness (QED) is 0.841. The number of carbonyl (C=O) groups is 2. The zero-order chi connectivity index (χ0) is 16.2. The zero-order valence-electron chi connectivity index (χ0n) is 13.6. The van der Waals surface area contributed by atoms with Gasteiger partial charge in [0.15, 0.2) is 0 Å². The predicted octanol–water partition coefficient (Wildman–Crippen LogP) is 1.74. The summed E-state index contributed by atoms with van der Waals surface area (Å²) in [5.41, 5.74) is 1.29. The van der Waals surface area contributed by atoms with Crippen molar-refractivity contribution in [2.75, 3.05) is 13.7 Å². The van der Waals surface area contributed by atoms with E-state index in [0.717, 1.165) is 43.5 Å². The number of hydrogen-bond acceptors (Lipinski definition) is 4. The fourth-order valence-electron chi connectivity index (χ4n) is 3.19. The van der Waals surface area contributed by atoms with Crippen LogP contribution in [0.4, 0.5) is 0 Å². The topological polar surface area (TPSA) is 73.2 Å². The molecule has 1 N–H and O–H groups in total. The van der Waals surface area contributed by atoms with E-state index in [2.05, 4.69) is 10.4 Å². The summed E-state index contributed by atoms with van der Waals surface area (Å²) >= 11 is 0. The molecule has 0 aliphatic heterocycles. The first-order chi connectivity index (χ1) is 10.5. The van der Waals surface area contributed by atoms with Gasteiger partial charge in [-0.15, -0.1) is 0 Å². The average Bonchev–Trinajstić information content (AvgIpc) is 2.83. The highest BCUT2D eigenvalue weighted by Crippen LogP contribution is 2.36. The van der Waals surface area contributed by atoms with Gasteiger partial charge < -0.3 is 10.1 Å². The van der Waals surface area contributed by atoms with Crippen molar-refractivity contribution in [3.05, 3.63) is 17.5 Å². The number of methoxy groups -OCH3 is 1. The second kappa shape index (κ2) is 6.94. The van der Waals surface area contributed by atoms with Crippen molar-refractivity contribution in [3.8, 4) is 0 Å². The van der Waals surface area contributed by atoms with Gasteiger partial charge in [0.05, 0.1) is 18.2 Å². The fourth-order valence-corrected chi connectivity index (χ4v) is 3.19. The summed E-state index contributed by atoms with van der Waals surface area (Å²) in [5, 5.41) is 7.17. The maximum Gasteiger partial charge on any atom is 0.313 e. The number of esters is 1. The van der Waals surface area contributed by atoms with E-state index in [1.165, 1.54) is 7.11 Å². The normalized spacial score (nSPS) is 17.0. The Morgan fingerprint density at radius 1 is 1.32 bits per heavy atom. The van der Waals surface area contributed by atoms with Crippen molar-refractivity contribution >= 4 is 11.9 Å². The highest BCUT2D eigenvalue weighted by Gasteiger charge is 2.40. The molecule has 6 nitrogen and oxygen atoms in total. The van der Waals surface area contributed by atoms with Crippen molar-refractivity contribution in [3.63, 3.8) is 0 Å². The monoisotopic (exact) mass is 307 g/mol. The van der Waals surface area contributed by atoms with E-state index < -0.39 is 5.41 Å². The Kier molecular flexibility index (Phi) is 5.21. The molecular formula is C16H25N3O3. The first-order valence-corrected chi connectivity index (χ1v) is 7.83. The van der Waals surface area contributed by atoms with Crippen LogP contribution in [0.2, 0.25) is 0 Å². The highest BCUT2D eigenvalue weighted by molar-refractivity contribution is 5.80. The third-order valence-corrected chi connectivity index (χ3v) is 4.45. The highest BCUT2D eigenvalue weighted by atomic mass is 16.5. The van der Waals surface area contributed by atoms with Crippen LogP contribution in [0.1, 0.15) is 43.5 Å². The first kappa shape index (κ1) is 16.5. The van der Waals surface area contributed by atoms with E-state index in [9.17, 15) is 9.59 Å². The predicted molar refractivity (Wildman–Crippen MR) is 82.2 cm³/mol. The van der Waals surface area contributed by atoms with Crippen LogP contribution in [0.5, 0.6) is 0 Å². The Balaban J connectivity index is 1.95. The molecule has 1 fully saturated rings. The van der Waals surface area contributed by atoms with Crippen LogP contribution >= 0.6 is 0 Å². The molecule has 122 valence electrons. The van der Waals surface area contributed by atoms with Crippen LogP contribution in [0.25, 0.3) is 0 Å². The van der Waals surface area contributed by atoms with Gasteiger partial charge in [-0.3, -0.25) is 14.3 Å². The molecule has 1 aromatic heterocycles. The Hall–Kier alpha value is -1.85. The lowest BCUT2D eigenvalue weighted by Gasteiger charge is -2.34. The molecule has 1 saturated carbocycles. The number of aryl methyl sites for hydroxylation is 2. The lowest BCUT2D eigenvalue weighted by Crippen LogP contribution is -2.45. The van der Waals surface area contributed by atoms with Crippen LogP contribution in [0, 0.1) is 19.3 Å². The van der Waals surface area contributed by atoms with Gasteiger partial charge in [0.25, 0.3) is 0 Å². The molecule has 1 aliphatic carbocycles. The van der Waals surface area contributed by atoms with Gasteiger partial charge in [-0.1, -0.05) is 19.3 Å². The maximum atomic E-state index is 12.1. The largest absolute Gasteiger partial charge is 0.469 e. The first-order valence-electron chi connectivity index (χ1n) is 7.83. The molecule has 22 heavy (non-hydrogen) atoms. The zero-order valence-corrected chi connectivity index (χ0v) is 13.6. The molecule has 0 bridgehead atoms. The molecule has 0 unspecified atom stereocenters. The third-order valence-electron chi connectivity index (χ3n) is 4.45. The smallest absolute Gasteiger partial charge is 0.313 e. The minimum atomic E-state index is -0.558. The number of ether oxygens (including phenoxy) is 1. The van der Waals surface area contributed by atoms with E-state index >= 15 is 0 Å². The maximum absolute atomic E-state index is 12.1. The van der Waals surface area contributed by atoms with E-state index in [4.69, 9.17) is 4.74 Å². The second-order valence-corrected chi connectivity index (χ2v) is 6.19. The standard InChI is InChI=1S/C16H25N3O3/c1-12-9-13(2)19(18-12)10-14(20)17-11-16(15(21)22-3)7-5-4-6-8-16/h9H,4-8,10-11H2,1-3H3,(H,17,20). The van der Waals surface area contributed by atoms with Gasteiger partial charge in [-0.25, -0.2) is 0 Å². The van der Waals surface area contributed by atoms with Crippen molar-refractivity contribution in [2.24, 2.45) is 5.41 Å².